The summed E-state index contributed by atoms with van der Waals surface area (Å²) in [6, 6.07) is 4.35. The molecule has 1 aromatic rings. The number of carbonyl (C=O) groups is 1. The predicted octanol–water partition coefficient (Wildman–Crippen LogP) is 4.32. The fraction of sp³-hybridized carbons (Fsp3) is 0.650. The van der Waals surface area contributed by atoms with Gasteiger partial charge in [0.05, 0.1) is 15.5 Å². The summed E-state index contributed by atoms with van der Waals surface area (Å²) in [5.74, 6) is 0.363. The van der Waals surface area contributed by atoms with E-state index in [2.05, 4.69) is 26.1 Å². The van der Waals surface area contributed by atoms with Crippen LogP contribution in [0.15, 0.2) is 23.1 Å². The number of amides is 1. The monoisotopic (exact) mass is 414 g/mol. The molecule has 0 unspecified atom stereocenters. The van der Waals surface area contributed by atoms with E-state index in [0.29, 0.717) is 11.3 Å². The van der Waals surface area contributed by atoms with E-state index < -0.39 is 10.0 Å². The topological polar surface area (TPSA) is 66.5 Å². The summed E-state index contributed by atoms with van der Waals surface area (Å²) in [5, 5.41) is 3.30. The Hall–Kier alpha value is -1.11. The molecule has 0 radical (unpaired) electrons. The second-order valence-electron chi connectivity index (χ2n) is 8.29. The molecular weight excluding hydrogens is 384 g/mol. The zero-order valence-corrected chi connectivity index (χ0v) is 18.5. The Morgan fingerprint density at radius 1 is 1.22 bits per heavy atom. The van der Waals surface area contributed by atoms with Gasteiger partial charge in [-0.1, -0.05) is 38.8 Å². The molecule has 1 amide bonds. The molecule has 0 heterocycles. The predicted molar refractivity (Wildman–Crippen MR) is 110 cm³/mol. The minimum atomic E-state index is -3.61. The van der Waals surface area contributed by atoms with Crippen molar-refractivity contribution in [2.45, 2.75) is 63.8 Å². The fourth-order valence-electron chi connectivity index (χ4n) is 3.62. The van der Waals surface area contributed by atoms with Crippen molar-refractivity contribution < 1.29 is 13.2 Å². The summed E-state index contributed by atoms with van der Waals surface area (Å²) in [4.78, 5) is 12.8. The van der Waals surface area contributed by atoms with Crippen LogP contribution in [0.5, 0.6) is 0 Å². The standard InChI is InChI=1S/C20H31ClN2O3S/c1-6-20(2,3)14-7-9-15(10-8-14)22-19(24)17-13-16(11-12-18(17)21)27(25,26)23(4)5/h11-15H,6-10H2,1-5H3,(H,22,24). The molecule has 0 atom stereocenters. The maximum atomic E-state index is 12.7. The van der Waals surface area contributed by atoms with Crippen LogP contribution in [0.2, 0.25) is 5.02 Å². The van der Waals surface area contributed by atoms with E-state index in [9.17, 15) is 13.2 Å². The van der Waals surface area contributed by atoms with E-state index in [-0.39, 0.29) is 27.4 Å². The van der Waals surface area contributed by atoms with E-state index in [1.165, 1.54) is 32.3 Å². The van der Waals surface area contributed by atoms with Gasteiger partial charge in [-0.05, 0) is 55.2 Å². The number of benzene rings is 1. The van der Waals surface area contributed by atoms with Gasteiger partial charge >= 0.3 is 0 Å². The molecule has 7 heteroatoms. The number of nitrogens with one attached hydrogen (secondary N) is 1. The van der Waals surface area contributed by atoms with E-state index in [1.54, 1.807) is 0 Å². The van der Waals surface area contributed by atoms with Crippen LogP contribution in [0.25, 0.3) is 0 Å². The highest BCUT2D eigenvalue weighted by molar-refractivity contribution is 7.89. The Morgan fingerprint density at radius 3 is 2.33 bits per heavy atom. The van der Waals surface area contributed by atoms with Crippen molar-refractivity contribution in [1.82, 2.24) is 9.62 Å². The average molecular weight is 415 g/mol. The number of sulfonamides is 1. The fourth-order valence-corrected chi connectivity index (χ4v) is 4.75. The molecule has 1 aliphatic carbocycles. The number of hydrogen-bond acceptors (Lipinski definition) is 3. The summed E-state index contributed by atoms with van der Waals surface area (Å²) in [6.45, 7) is 6.85. The van der Waals surface area contributed by atoms with Gasteiger partial charge in [0.2, 0.25) is 10.0 Å². The lowest BCUT2D eigenvalue weighted by Crippen LogP contribution is -2.40. The van der Waals surface area contributed by atoms with Crippen molar-refractivity contribution in [3.63, 3.8) is 0 Å². The quantitative estimate of drug-likeness (QED) is 0.753. The lowest BCUT2D eigenvalue weighted by atomic mass is 9.69. The molecule has 0 spiro atoms. The van der Waals surface area contributed by atoms with E-state index in [4.69, 9.17) is 11.6 Å². The number of nitrogens with zero attached hydrogens (tertiary/aromatic N) is 1. The van der Waals surface area contributed by atoms with Crippen molar-refractivity contribution in [3.05, 3.63) is 28.8 Å². The minimum absolute atomic E-state index is 0.0652. The van der Waals surface area contributed by atoms with Crippen LogP contribution in [-0.4, -0.2) is 38.8 Å². The summed E-state index contributed by atoms with van der Waals surface area (Å²) in [7, 11) is -0.698. The Balaban J connectivity index is 2.09. The number of rotatable bonds is 6. The summed E-state index contributed by atoms with van der Waals surface area (Å²) in [6.07, 6.45) is 5.21. The molecule has 5 nitrogen and oxygen atoms in total. The highest BCUT2D eigenvalue weighted by Gasteiger charge is 2.32. The van der Waals surface area contributed by atoms with Gasteiger partial charge in [-0.15, -0.1) is 0 Å². The molecule has 0 bridgehead atoms. The van der Waals surface area contributed by atoms with Gasteiger partial charge in [0, 0.05) is 20.1 Å². The van der Waals surface area contributed by atoms with Crippen LogP contribution in [0.1, 0.15) is 63.2 Å². The first-order valence-electron chi connectivity index (χ1n) is 9.52. The molecule has 1 fully saturated rings. The Kier molecular flexibility index (Phi) is 6.98. The van der Waals surface area contributed by atoms with Gasteiger partial charge in [0.1, 0.15) is 0 Å². The minimum Gasteiger partial charge on any atom is -0.349 e. The first kappa shape index (κ1) is 22.2. The molecule has 2 rings (SSSR count). The van der Waals surface area contributed by atoms with Crippen LogP contribution in [0.3, 0.4) is 0 Å². The molecule has 0 saturated heterocycles. The normalized spacial score (nSPS) is 21.3. The lowest BCUT2D eigenvalue weighted by molar-refractivity contribution is 0.0893. The SMILES string of the molecule is CCC(C)(C)C1CCC(NC(=O)c2cc(S(=O)(=O)N(C)C)ccc2Cl)CC1. The van der Waals surface area contributed by atoms with Crippen LogP contribution >= 0.6 is 11.6 Å². The van der Waals surface area contributed by atoms with Gasteiger partial charge in [-0.3, -0.25) is 4.79 Å². The molecule has 0 aliphatic heterocycles. The molecule has 1 N–H and O–H groups in total. The molecule has 1 saturated carbocycles. The highest BCUT2D eigenvalue weighted by atomic mass is 35.5. The van der Waals surface area contributed by atoms with Crippen molar-refractivity contribution in [1.29, 1.82) is 0 Å². The van der Waals surface area contributed by atoms with Gasteiger partial charge < -0.3 is 5.32 Å². The summed E-state index contributed by atoms with van der Waals surface area (Å²) in [5.41, 5.74) is 0.531. The number of carbonyl (C=O) groups excluding carboxylic acids is 1. The van der Waals surface area contributed by atoms with Crippen LogP contribution in [0.4, 0.5) is 0 Å². The van der Waals surface area contributed by atoms with Gasteiger partial charge in [0.15, 0.2) is 0 Å². The first-order valence-corrected chi connectivity index (χ1v) is 11.3. The maximum Gasteiger partial charge on any atom is 0.253 e. The Morgan fingerprint density at radius 2 is 1.81 bits per heavy atom. The smallest absolute Gasteiger partial charge is 0.253 e. The van der Waals surface area contributed by atoms with E-state index in [1.807, 2.05) is 0 Å². The van der Waals surface area contributed by atoms with Crippen molar-refractivity contribution in [2.24, 2.45) is 11.3 Å². The molecule has 1 aromatic carbocycles. The third-order valence-electron chi connectivity index (χ3n) is 6.04. The van der Waals surface area contributed by atoms with Gasteiger partial charge in [-0.25, -0.2) is 12.7 Å². The van der Waals surface area contributed by atoms with Gasteiger partial charge in [0.25, 0.3) is 5.91 Å². The molecule has 152 valence electrons. The maximum absolute atomic E-state index is 12.7. The third kappa shape index (κ3) is 5.04. The number of halogens is 1. The first-order chi connectivity index (χ1) is 12.5. The summed E-state index contributed by atoms with van der Waals surface area (Å²) >= 11 is 6.17. The lowest BCUT2D eigenvalue weighted by Gasteiger charge is -2.39. The van der Waals surface area contributed by atoms with Crippen molar-refractivity contribution in [3.8, 4) is 0 Å². The van der Waals surface area contributed by atoms with Crippen LogP contribution in [0, 0.1) is 11.3 Å². The zero-order valence-electron chi connectivity index (χ0n) is 16.9. The summed E-state index contributed by atoms with van der Waals surface area (Å²) < 4.78 is 25.8. The van der Waals surface area contributed by atoms with Crippen LogP contribution < -0.4 is 5.32 Å². The molecule has 1 aliphatic rings. The number of hydrogen-bond donors (Lipinski definition) is 1. The largest absolute Gasteiger partial charge is 0.349 e. The second-order valence-corrected chi connectivity index (χ2v) is 10.9. The highest BCUT2D eigenvalue weighted by Crippen LogP contribution is 2.40. The van der Waals surface area contributed by atoms with E-state index >= 15 is 0 Å². The molecular formula is C20H31ClN2O3S. The van der Waals surface area contributed by atoms with E-state index in [0.717, 1.165) is 36.4 Å². The second kappa shape index (κ2) is 8.50. The third-order valence-corrected chi connectivity index (χ3v) is 8.18. The molecule has 27 heavy (non-hydrogen) atoms. The van der Waals surface area contributed by atoms with Crippen LogP contribution in [-0.2, 0) is 10.0 Å². The Labute approximate surface area is 168 Å². The molecule has 0 aromatic heterocycles. The van der Waals surface area contributed by atoms with Gasteiger partial charge in [-0.2, -0.15) is 0 Å². The zero-order chi connectivity index (χ0) is 20.4. The van der Waals surface area contributed by atoms with Crippen molar-refractivity contribution in [2.75, 3.05) is 14.1 Å². The van der Waals surface area contributed by atoms with Crippen molar-refractivity contribution >= 4 is 27.5 Å². The Bertz CT molecular complexity index is 782. The average Bonchev–Trinajstić information content (AvgIpc) is 2.62.